The van der Waals surface area contributed by atoms with Gasteiger partial charge in [0.05, 0.1) is 0 Å². The van der Waals surface area contributed by atoms with Gasteiger partial charge in [-0.25, -0.2) is 41.9 Å². The Kier molecular flexibility index (Phi) is 20.0. The van der Waals surface area contributed by atoms with Crippen molar-refractivity contribution >= 4 is 23.2 Å². The number of allylic oxidation sites excluding steroid dienone is 8. The van der Waals surface area contributed by atoms with Gasteiger partial charge in [0.15, 0.2) is 0 Å². The molecule has 2 aliphatic rings. The zero-order chi connectivity index (χ0) is 33.2. The predicted octanol–water partition coefficient (Wildman–Crippen LogP) is 9.67. The molecule has 0 unspecified atom stereocenters. The topological polar surface area (TPSA) is 58.2 Å². The summed E-state index contributed by atoms with van der Waals surface area (Å²) in [5.41, 5.74) is -1.23. The van der Waals surface area contributed by atoms with E-state index in [0.29, 0.717) is 12.8 Å². The Bertz CT molecular complexity index is 1210. The molecule has 9 heteroatoms. The van der Waals surface area contributed by atoms with Gasteiger partial charge in [0.1, 0.15) is 0 Å². The van der Waals surface area contributed by atoms with Crippen LogP contribution in [0.4, 0.5) is 28.9 Å². The van der Waals surface area contributed by atoms with Gasteiger partial charge in [-0.15, -0.1) is 49.2 Å². The third kappa shape index (κ3) is 16.6. The zero-order valence-electron chi connectivity index (χ0n) is 26.8. The van der Waals surface area contributed by atoms with Crippen molar-refractivity contribution in [3.05, 3.63) is 108 Å². The largest absolute Gasteiger partial charge is 4.00 e. The number of halogens is 4. The Hall–Kier alpha value is -3.23. The third-order valence-corrected chi connectivity index (χ3v) is 6.37. The summed E-state index contributed by atoms with van der Waals surface area (Å²) in [7, 11) is 0. The SMILES string of the molecule is CCCC(C)(C)C(=O)Nc1ccc(F)[c-]c1F.CCCC(C)(C)C(=O)Nc1ccc(F)[c-]c1F.[C-]1=CC=CC1.[C-]1=CC=CC1.[Ti+4]. The number of benzene rings is 2. The molecule has 0 atom stereocenters. The number of carbonyl (C=O) groups excluding carboxylic acids is 2. The van der Waals surface area contributed by atoms with Crippen molar-refractivity contribution in [3.8, 4) is 0 Å². The Morgan fingerprint density at radius 1 is 0.689 bits per heavy atom. The summed E-state index contributed by atoms with van der Waals surface area (Å²) in [4.78, 5) is 23.8. The van der Waals surface area contributed by atoms with Crippen molar-refractivity contribution in [3.63, 3.8) is 0 Å². The van der Waals surface area contributed by atoms with E-state index < -0.39 is 34.1 Å². The summed E-state index contributed by atoms with van der Waals surface area (Å²) < 4.78 is 51.8. The summed E-state index contributed by atoms with van der Waals surface area (Å²) >= 11 is 0. The quantitative estimate of drug-likeness (QED) is 0.169. The van der Waals surface area contributed by atoms with E-state index in [9.17, 15) is 27.2 Å². The number of carbonyl (C=O) groups is 2. The van der Waals surface area contributed by atoms with Crippen LogP contribution in [0, 0.1) is 58.4 Å². The van der Waals surface area contributed by atoms with Gasteiger partial charge in [0.25, 0.3) is 0 Å². The first-order valence-electron chi connectivity index (χ1n) is 14.5. The first-order valence-corrected chi connectivity index (χ1v) is 14.5. The van der Waals surface area contributed by atoms with Crippen LogP contribution in [0.1, 0.15) is 80.1 Å². The maximum absolute atomic E-state index is 13.3. The molecule has 4 rings (SSSR count). The smallest absolute Gasteiger partial charge is 0.376 e. The molecule has 0 saturated carbocycles. The molecule has 0 aromatic heterocycles. The number of amides is 2. The van der Waals surface area contributed by atoms with E-state index in [-0.39, 0.29) is 44.9 Å². The van der Waals surface area contributed by atoms with Gasteiger partial charge in [-0.1, -0.05) is 54.4 Å². The van der Waals surface area contributed by atoms with Crippen molar-refractivity contribution in [2.75, 3.05) is 10.6 Å². The number of nitrogens with one attached hydrogen (secondary N) is 2. The van der Waals surface area contributed by atoms with Crippen LogP contribution in [-0.2, 0) is 31.3 Å². The number of hydrogen-bond acceptors (Lipinski definition) is 2. The van der Waals surface area contributed by atoms with Crippen LogP contribution in [0.5, 0.6) is 0 Å². The summed E-state index contributed by atoms with van der Waals surface area (Å²) in [5.74, 6) is -3.89. The molecule has 2 N–H and O–H groups in total. The van der Waals surface area contributed by atoms with E-state index in [4.69, 9.17) is 0 Å². The Morgan fingerprint density at radius 2 is 1.04 bits per heavy atom. The van der Waals surface area contributed by atoms with Gasteiger partial charge in [-0.05, 0) is 24.2 Å². The number of hydrogen-bond donors (Lipinski definition) is 2. The van der Waals surface area contributed by atoms with Crippen molar-refractivity contribution in [1.29, 1.82) is 0 Å². The van der Waals surface area contributed by atoms with Crippen LogP contribution in [0.3, 0.4) is 0 Å². The molecule has 0 fully saturated rings. The van der Waals surface area contributed by atoms with Crippen LogP contribution < -0.4 is 10.6 Å². The Balaban J connectivity index is 0.000000644. The molecule has 240 valence electrons. The molecular formula is C36H42F4N2O2Ti. The first-order chi connectivity index (χ1) is 20.7. The van der Waals surface area contributed by atoms with Crippen LogP contribution in [0.25, 0.3) is 0 Å². The van der Waals surface area contributed by atoms with Crippen molar-refractivity contribution < 1.29 is 48.9 Å². The molecule has 45 heavy (non-hydrogen) atoms. The number of rotatable bonds is 8. The van der Waals surface area contributed by atoms with E-state index in [1.807, 2.05) is 50.3 Å². The van der Waals surface area contributed by atoms with Gasteiger partial charge in [-0.3, -0.25) is 21.7 Å². The molecule has 0 heterocycles. The molecule has 2 aromatic rings. The van der Waals surface area contributed by atoms with E-state index >= 15 is 0 Å². The van der Waals surface area contributed by atoms with E-state index in [1.165, 1.54) is 12.1 Å². The molecule has 0 bridgehead atoms. The molecular weight excluding hydrogens is 616 g/mol. The van der Waals surface area contributed by atoms with Crippen LogP contribution >= 0.6 is 0 Å². The molecule has 0 spiro atoms. The zero-order valence-corrected chi connectivity index (χ0v) is 28.4. The van der Waals surface area contributed by atoms with Crippen LogP contribution in [0.15, 0.2) is 60.7 Å². The first kappa shape index (κ1) is 41.8. The average molecular weight is 659 g/mol. The molecule has 2 aliphatic carbocycles. The van der Waals surface area contributed by atoms with Gasteiger partial charge in [0.2, 0.25) is 11.8 Å². The molecule has 0 radical (unpaired) electrons. The maximum Gasteiger partial charge on any atom is 4.00 e. The van der Waals surface area contributed by atoms with Gasteiger partial charge in [-0.2, -0.15) is 12.2 Å². The van der Waals surface area contributed by atoms with Gasteiger partial charge >= 0.3 is 21.7 Å². The second-order valence-electron chi connectivity index (χ2n) is 11.3. The van der Waals surface area contributed by atoms with Gasteiger partial charge < -0.3 is 10.6 Å². The maximum atomic E-state index is 13.3. The fourth-order valence-electron chi connectivity index (χ4n) is 3.82. The van der Waals surface area contributed by atoms with E-state index in [0.717, 1.165) is 37.8 Å². The molecule has 2 aromatic carbocycles. The third-order valence-electron chi connectivity index (χ3n) is 6.37. The fourth-order valence-corrected chi connectivity index (χ4v) is 3.82. The molecule has 0 saturated heterocycles. The van der Waals surface area contributed by atoms with Gasteiger partial charge in [0, 0.05) is 34.1 Å². The monoisotopic (exact) mass is 658 g/mol. The van der Waals surface area contributed by atoms with Crippen molar-refractivity contribution in [2.45, 2.75) is 80.1 Å². The van der Waals surface area contributed by atoms with Crippen molar-refractivity contribution in [1.82, 2.24) is 0 Å². The average Bonchev–Trinajstić information content (AvgIpc) is 3.72. The fraction of sp³-hybridized carbons (Fsp3) is 0.389. The predicted molar refractivity (Wildman–Crippen MR) is 168 cm³/mol. The van der Waals surface area contributed by atoms with E-state index in [2.05, 4.69) is 34.9 Å². The minimum atomic E-state index is -0.884. The second-order valence-corrected chi connectivity index (χ2v) is 11.3. The summed E-state index contributed by atoms with van der Waals surface area (Å²) in [6.45, 7) is 11.1. The molecule has 0 aliphatic heterocycles. The second kappa shape index (κ2) is 21.5. The van der Waals surface area contributed by atoms with E-state index in [1.54, 1.807) is 27.7 Å². The standard InChI is InChI=1S/2C13H16F2NO.2C5H5.Ti/c2*1-4-7-13(2,3)12(17)16-11-6-5-9(14)8-10(11)15;2*1-2-4-5-3-1;/h2*5-6H,4,7H2,1-3H3,(H,16,17);2*1-3H,4H2;/q4*-1;+4. The van der Waals surface area contributed by atoms with Crippen LogP contribution in [-0.4, -0.2) is 11.8 Å². The van der Waals surface area contributed by atoms with Crippen molar-refractivity contribution in [2.24, 2.45) is 10.8 Å². The summed E-state index contributed by atoms with van der Waals surface area (Å²) in [6.07, 6.45) is 23.1. The minimum Gasteiger partial charge on any atom is -0.376 e. The number of anilines is 2. The Morgan fingerprint density at radius 3 is 1.27 bits per heavy atom. The van der Waals surface area contributed by atoms with Crippen LogP contribution in [0.2, 0.25) is 0 Å². The normalized spacial score (nSPS) is 12.5. The summed E-state index contributed by atoms with van der Waals surface area (Å²) in [6, 6.07) is 8.27. The minimum absolute atomic E-state index is 0. The Labute approximate surface area is 281 Å². The molecule has 4 nitrogen and oxygen atoms in total. The molecule has 2 amide bonds. The summed E-state index contributed by atoms with van der Waals surface area (Å²) in [5, 5.41) is 4.90.